The zero-order valence-corrected chi connectivity index (χ0v) is 15.2. The van der Waals surface area contributed by atoms with Gasteiger partial charge in [-0.2, -0.15) is 4.98 Å². The number of rotatable bonds is 6. The zero-order valence-electron chi connectivity index (χ0n) is 15.2. The molecule has 0 atom stereocenters. The summed E-state index contributed by atoms with van der Waals surface area (Å²) in [5.41, 5.74) is 1.80. The Labute approximate surface area is 153 Å². The first-order valence-electron chi connectivity index (χ1n) is 9.43. The van der Waals surface area contributed by atoms with E-state index in [0.29, 0.717) is 44.3 Å². The molecule has 1 amide bonds. The molecule has 138 valence electrons. The van der Waals surface area contributed by atoms with Gasteiger partial charge in [0, 0.05) is 38.4 Å². The molecule has 0 bridgehead atoms. The van der Waals surface area contributed by atoms with Crippen LogP contribution in [0.15, 0.2) is 28.8 Å². The second-order valence-electron chi connectivity index (χ2n) is 7.46. The van der Waals surface area contributed by atoms with Crippen molar-refractivity contribution in [3.05, 3.63) is 47.1 Å². The summed E-state index contributed by atoms with van der Waals surface area (Å²) in [7, 11) is 0. The van der Waals surface area contributed by atoms with Gasteiger partial charge in [-0.05, 0) is 31.7 Å². The third kappa shape index (κ3) is 3.80. The van der Waals surface area contributed by atoms with E-state index < -0.39 is 5.54 Å². The number of hydrogen-bond donors (Lipinski definition) is 1. The number of aromatic nitrogens is 2. The molecule has 1 aliphatic heterocycles. The predicted octanol–water partition coefficient (Wildman–Crippen LogP) is 3.01. The van der Waals surface area contributed by atoms with Crippen LogP contribution in [0.5, 0.6) is 0 Å². The molecule has 2 aliphatic rings. The molecule has 2 heterocycles. The second kappa shape index (κ2) is 7.19. The molecule has 1 saturated carbocycles. The highest BCUT2D eigenvalue weighted by atomic mass is 16.5. The first-order valence-corrected chi connectivity index (χ1v) is 9.43. The summed E-state index contributed by atoms with van der Waals surface area (Å²) in [4.78, 5) is 17.2. The molecule has 1 N–H and O–H groups in total. The predicted molar refractivity (Wildman–Crippen MR) is 95.6 cm³/mol. The third-order valence-electron chi connectivity index (χ3n) is 5.28. The third-order valence-corrected chi connectivity index (χ3v) is 5.28. The molecule has 1 saturated heterocycles. The molecule has 0 unspecified atom stereocenters. The van der Waals surface area contributed by atoms with E-state index in [-0.39, 0.29) is 5.91 Å². The molecular formula is C20H25N3O3. The summed E-state index contributed by atoms with van der Waals surface area (Å²) in [6.45, 7) is 3.23. The van der Waals surface area contributed by atoms with E-state index in [2.05, 4.69) is 46.6 Å². The van der Waals surface area contributed by atoms with E-state index in [4.69, 9.17) is 9.26 Å². The first-order chi connectivity index (χ1) is 12.6. The van der Waals surface area contributed by atoms with Crippen LogP contribution in [0.25, 0.3) is 0 Å². The van der Waals surface area contributed by atoms with Crippen molar-refractivity contribution in [2.24, 2.45) is 0 Å². The highest BCUT2D eigenvalue weighted by Gasteiger charge is 2.42. The number of nitrogens with zero attached hydrogens (tertiary/aromatic N) is 2. The van der Waals surface area contributed by atoms with Gasteiger partial charge >= 0.3 is 0 Å². The van der Waals surface area contributed by atoms with E-state index in [9.17, 15) is 4.79 Å². The molecule has 6 nitrogen and oxygen atoms in total. The number of nitrogens with one attached hydrogen (secondary N) is 1. The molecule has 2 fully saturated rings. The van der Waals surface area contributed by atoms with Gasteiger partial charge in [0.25, 0.3) is 5.89 Å². The van der Waals surface area contributed by atoms with Crippen LogP contribution >= 0.6 is 0 Å². The molecule has 6 heteroatoms. The number of carbonyl (C=O) groups is 1. The van der Waals surface area contributed by atoms with Crippen LogP contribution < -0.4 is 5.32 Å². The minimum absolute atomic E-state index is 0.0126. The van der Waals surface area contributed by atoms with E-state index in [1.807, 2.05) is 0 Å². The van der Waals surface area contributed by atoms with Gasteiger partial charge in [-0.3, -0.25) is 4.79 Å². The van der Waals surface area contributed by atoms with E-state index in [1.165, 1.54) is 11.1 Å². The molecule has 0 spiro atoms. The number of aryl methyl sites for hydroxylation is 2. The minimum atomic E-state index is -0.594. The van der Waals surface area contributed by atoms with Crippen LogP contribution in [0, 0.1) is 6.92 Å². The van der Waals surface area contributed by atoms with Crippen LogP contribution in [-0.4, -0.2) is 29.3 Å². The van der Waals surface area contributed by atoms with Crippen molar-refractivity contribution in [3.8, 4) is 0 Å². The van der Waals surface area contributed by atoms with Crippen molar-refractivity contribution in [1.82, 2.24) is 15.5 Å². The van der Waals surface area contributed by atoms with Crippen molar-refractivity contribution < 1.29 is 14.1 Å². The van der Waals surface area contributed by atoms with Gasteiger partial charge in [0.1, 0.15) is 5.54 Å². The molecule has 0 radical (unpaired) electrons. The fraction of sp³-hybridized carbons (Fsp3) is 0.550. The molecule has 26 heavy (non-hydrogen) atoms. The Bertz CT molecular complexity index is 759. The maximum absolute atomic E-state index is 12.6. The topological polar surface area (TPSA) is 77.3 Å². The number of carbonyl (C=O) groups excluding carboxylic acids is 1. The van der Waals surface area contributed by atoms with Gasteiger partial charge < -0.3 is 14.6 Å². The molecule has 1 aromatic heterocycles. The Morgan fingerprint density at radius 3 is 2.65 bits per heavy atom. The van der Waals surface area contributed by atoms with Gasteiger partial charge in [-0.15, -0.1) is 0 Å². The molecule has 1 aliphatic carbocycles. The lowest BCUT2D eigenvalue weighted by molar-refractivity contribution is -0.125. The van der Waals surface area contributed by atoms with E-state index in [0.717, 1.165) is 25.1 Å². The number of benzene rings is 1. The lowest BCUT2D eigenvalue weighted by atomic mass is 9.89. The fourth-order valence-corrected chi connectivity index (χ4v) is 3.39. The molecule has 4 rings (SSSR count). The highest BCUT2D eigenvalue weighted by molar-refractivity contribution is 5.77. The maximum atomic E-state index is 12.6. The van der Waals surface area contributed by atoms with Crippen molar-refractivity contribution >= 4 is 5.91 Å². The molecule has 1 aromatic carbocycles. The van der Waals surface area contributed by atoms with Crippen LogP contribution in [0.1, 0.15) is 60.9 Å². The normalized spacial score (nSPS) is 19.3. The van der Waals surface area contributed by atoms with Gasteiger partial charge in [-0.1, -0.05) is 35.0 Å². The lowest BCUT2D eigenvalue weighted by Crippen LogP contribution is -2.49. The van der Waals surface area contributed by atoms with Crippen LogP contribution in [0.2, 0.25) is 0 Å². The SMILES string of the molecule is Cc1ccc(CCC(=O)NC2(c3nc(C4CC4)no3)CCOCC2)cc1. The van der Waals surface area contributed by atoms with Crippen LogP contribution in [-0.2, 0) is 21.5 Å². The van der Waals surface area contributed by atoms with Crippen LogP contribution in [0.3, 0.4) is 0 Å². The monoisotopic (exact) mass is 355 g/mol. The Morgan fingerprint density at radius 2 is 1.96 bits per heavy atom. The van der Waals surface area contributed by atoms with Gasteiger partial charge in [0.05, 0.1) is 0 Å². The summed E-state index contributed by atoms with van der Waals surface area (Å²) >= 11 is 0. The number of amides is 1. The molecule has 2 aromatic rings. The summed E-state index contributed by atoms with van der Waals surface area (Å²) in [5, 5.41) is 7.32. The summed E-state index contributed by atoms with van der Waals surface area (Å²) in [6, 6.07) is 8.30. The zero-order chi connectivity index (χ0) is 18.0. The lowest BCUT2D eigenvalue weighted by Gasteiger charge is -2.34. The smallest absolute Gasteiger partial charge is 0.252 e. The quantitative estimate of drug-likeness (QED) is 0.862. The standard InChI is InChI=1S/C20H25N3O3/c1-14-2-4-15(5-3-14)6-9-17(24)22-20(10-12-25-13-11-20)19-21-18(23-26-19)16-7-8-16/h2-5,16H,6-13H2,1H3,(H,22,24). The number of ether oxygens (including phenoxy) is 1. The first kappa shape index (κ1) is 17.2. The average molecular weight is 355 g/mol. The van der Waals surface area contributed by atoms with E-state index in [1.54, 1.807) is 0 Å². The molecular weight excluding hydrogens is 330 g/mol. The Hall–Kier alpha value is -2.21. The summed E-state index contributed by atoms with van der Waals surface area (Å²) in [6.07, 6.45) is 4.73. The van der Waals surface area contributed by atoms with Crippen molar-refractivity contribution in [2.45, 2.75) is 56.9 Å². The van der Waals surface area contributed by atoms with Gasteiger partial charge in [0.2, 0.25) is 5.91 Å². The van der Waals surface area contributed by atoms with Crippen molar-refractivity contribution in [1.29, 1.82) is 0 Å². The maximum Gasteiger partial charge on any atom is 0.252 e. The Morgan fingerprint density at radius 1 is 1.23 bits per heavy atom. The average Bonchev–Trinajstić information content (AvgIpc) is 3.38. The van der Waals surface area contributed by atoms with E-state index >= 15 is 0 Å². The Kier molecular flexibility index (Phi) is 4.76. The van der Waals surface area contributed by atoms with Crippen LogP contribution in [0.4, 0.5) is 0 Å². The second-order valence-corrected chi connectivity index (χ2v) is 7.46. The highest BCUT2D eigenvalue weighted by Crippen LogP contribution is 2.40. The van der Waals surface area contributed by atoms with Gasteiger partial charge in [-0.25, -0.2) is 0 Å². The fourth-order valence-electron chi connectivity index (χ4n) is 3.39. The Balaban J connectivity index is 1.43. The van der Waals surface area contributed by atoms with Gasteiger partial charge in [0.15, 0.2) is 5.82 Å². The van der Waals surface area contributed by atoms with Crippen molar-refractivity contribution in [2.75, 3.05) is 13.2 Å². The minimum Gasteiger partial charge on any atom is -0.381 e. The largest absolute Gasteiger partial charge is 0.381 e. The summed E-state index contributed by atoms with van der Waals surface area (Å²) < 4.78 is 11.0. The van der Waals surface area contributed by atoms with Crippen molar-refractivity contribution in [3.63, 3.8) is 0 Å². The summed E-state index contributed by atoms with van der Waals surface area (Å²) in [5.74, 6) is 1.76. The number of hydrogen-bond acceptors (Lipinski definition) is 5.